The van der Waals surface area contributed by atoms with Gasteiger partial charge in [-0.15, -0.1) is 29.3 Å². The van der Waals surface area contributed by atoms with E-state index in [0.29, 0.717) is 11.0 Å². The molecule has 3 aromatic heterocycles. The van der Waals surface area contributed by atoms with Crippen LogP contribution in [0.5, 0.6) is 5.75 Å². The molecule has 3 heterocycles. The minimum absolute atomic E-state index is 0. The van der Waals surface area contributed by atoms with Crippen molar-refractivity contribution in [2.75, 3.05) is 0 Å². The van der Waals surface area contributed by atoms with Crippen LogP contribution in [0.4, 0.5) is 0 Å². The standard InChI is InChI=1S/C56H50N4O.Pt/c1-54(2,3)39-22-14-20-36(30-39)35-19-13-21-37(29-35)42-23-15-25-45-49(42)57-53-48-44(24-16-26-47(48)61)60-51-46(59(45)53)28-27-43(34-17-11-10-12-18-34)50(51)58-52(60)38-31-40(55(4,5)6)33-41(32-38)56(7,8)9;/h10-19,21-28,30-33,61H,1-9H3;/q-2;+2. The van der Waals surface area contributed by atoms with Crippen LogP contribution in [-0.4, -0.2) is 23.9 Å². The summed E-state index contributed by atoms with van der Waals surface area (Å²) in [5.74, 6) is 0.971. The van der Waals surface area contributed by atoms with E-state index in [0.717, 1.165) is 77.9 Å². The summed E-state index contributed by atoms with van der Waals surface area (Å²) < 4.78 is 4.49. The van der Waals surface area contributed by atoms with E-state index in [4.69, 9.17) is 9.97 Å². The molecule has 0 unspecified atom stereocenters. The van der Waals surface area contributed by atoms with E-state index < -0.39 is 0 Å². The number of para-hydroxylation sites is 1. The number of imidazole rings is 2. The Morgan fingerprint density at radius 3 is 1.87 bits per heavy atom. The van der Waals surface area contributed by atoms with Crippen molar-refractivity contribution in [3.05, 3.63) is 162 Å². The maximum Gasteiger partial charge on any atom is 2.00 e. The fourth-order valence-electron chi connectivity index (χ4n) is 8.79. The fourth-order valence-corrected chi connectivity index (χ4v) is 8.79. The second-order valence-electron chi connectivity index (χ2n) is 19.6. The van der Waals surface area contributed by atoms with Crippen molar-refractivity contribution in [1.82, 2.24) is 18.8 Å². The number of benzene rings is 7. The summed E-state index contributed by atoms with van der Waals surface area (Å²) in [5.41, 5.74) is 16.6. The zero-order valence-corrected chi connectivity index (χ0v) is 39.0. The summed E-state index contributed by atoms with van der Waals surface area (Å²) in [5, 5.41) is 12.7. The number of hydrogen-bond acceptors (Lipinski definition) is 3. The molecule has 0 aliphatic rings. The first-order valence-electron chi connectivity index (χ1n) is 21.2. The molecule has 0 fully saturated rings. The zero-order chi connectivity index (χ0) is 42.6. The van der Waals surface area contributed by atoms with Crippen LogP contribution >= 0.6 is 0 Å². The van der Waals surface area contributed by atoms with E-state index >= 15 is 0 Å². The Hall–Kier alpha value is -6.03. The van der Waals surface area contributed by atoms with E-state index in [9.17, 15) is 5.11 Å². The van der Waals surface area contributed by atoms with Crippen LogP contribution in [0.2, 0.25) is 0 Å². The van der Waals surface area contributed by atoms with Crippen molar-refractivity contribution in [3.63, 3.8) is 0 Å². The van der Waals surface area contributed by atoms with Crippen LogP contribution in [-0.2, 0) is 37.3 Å². The van der Waals surface area contributed by atoms with Crippen LogP contribution in [0.1, 0.15) is 79.0 Å². The second-order valence-corrected chi connectivity index (χ2v) is 19.6. The molecule has 0 amide bonds. The molecule has 7 aromatic carbocycles. The predicted octanol–water partition coefficient (Wildman–Crippen LogP) is 14.3. The monoisotopic (exact) mass is 989 g/mol. The molecule has 0 radical (unpaired) electrons. The molecule has 10 rings (SSSR count). The molecular weight excluding hydrogens is 940 g/mol. The molecule has 0 bridgehead atoms. The molecule has 310 valence electrons. The van der Waals surface area contributed by atoms with Gasteiger partial charge in [-0.25, -0.2) is 15.5 Å². The first kappa shape index (κ1) is 41.3. The molecule has 6 heteroatoms. The molecule has 5 nitrogen and oxygen atoms in total. The average Bonchev–Trinajstić information content (AvgIpc) is 3.79. The third kappa shape index (κ3) is 6.82. The Bertz CT molecular complexity index is 3340. The Labute approximate surface area is 378 Å². The van der Waals surface area contributed by atoms with Gasteiger partial charge in [0.25, 0.3) is 0 Å². The molecule has 0 saturated carbocycles. The van der Waals surface area contributed by atoms with Crippen molar-refractivity contribution in [2.45, 2.75) is 78.6 Å². The number of aromatic nitrogens is 4. The number of fused-ring (bicyclic) bond motifs is 7. The van der Waals surface area contributed by atoms with Gasteiger partial charge in [0.2, 0.25) is 0 Å². The second kappa shape index (κ2) is 14.8. The van der Waals surface area contributed by atoms with Crippen molar-refractivity contribution < 1.29 is 26.2 Å². The number of nitrogens with zero attached hydrogens (tertiary/aromatic N) is 4. The minimum atomic E-state index is -0.0953. The van der Waals surface area contributed by atoms with Crippen LogP contribution < -0.4 is 0 Å². The summed E-state index contributed by atoms with van der Waals surface area (Å²) in [6.07, 6.45) is 0. The summed E-state index contributed by atoms with van der Waals surface area (Å²) in [6, 6.07) is 53.8. The van der Waals surface area contributed by atoms with Gasteiger partial charge in [-0.1, -0.05) is 122 Å². The largest absolute Gasteiger partial charge is 2.00 e. The van der Waals surface area contributed by atoms with E-state index in [1.54, 1.807) is 6.07 Å². The third-order valence-electron chi connectivity index (χ3n) is 12.2. The number of phenols is 1. The Morgan fingerprint density at radius 2 is 1.16 bits per heavy atom. The maximum absolute atomic E-state index is 12.1. The average molecular weight is 990 g/mol. The van der Waals surface area contributed by atoms with Gasteiger partial charge in [-0.05, 0) is 75.4 Å². The summed E-state index contributed by atoms with van der Waals surface area (Å²) in [6.45, 7) is 20.3. The fraction of sp³-hybridized carbons (Fsp3) is 0.214. The molecule has 0 spiro atoms. The summed E-state index contributed by atoms with van der Waals surface area (Å²) in [7, 11) is 0. The van der Waals surface area contributed by atoms with Crippen molar-refractivity contribution >= 4 is 44.1 Å². The Kier molecular flexibility index (Phi) is 9.87. The molecule has 1 N–H and O–H groups in total. The van der Waals surface area contributed by atoms with E-state index in [-0.39, 0.29) is 43.1 Å². The quantitative estimate of drug-likeness (QED) is 0.179. The molecule has 0 aliphatic heterocycles. The number of hydrogen-bond donors (Lipinski definition) is 1. The maximum atomic E-state index is 12.1. The molecule has 0 atom stereocenters. The molecular formula is C56H50N4OPt. The first-order chi connectivity index (χ1) is 29.1. The SMILES string of the molecule is CC(C)(C)c1cc[c-]c(-c2[c-]c(-c3cccc4c3nc3c5c(O)cccc5n5c(-c6cc(C(C)(C)C)cc(C(C)(C)C)c6)nc6c(-c7ccccc7)ccc(c65)n43)ccc2)c1.[Pt+2]. The van der Waals surface area contributed by atoms with Gasteiger partial charge in [-0.2, -0.15) is 35.9 Å². The smallest absolute Gasteiger partial charge is 0.507 e. The summed E-state index contributed by atoms with van der Waals surface area (Å²) >= 11 is 0. The van der Waals surface area contributed by atoms with E-state index in [2.05, 4.69) is 192 Å². The van der Waals surface area contributed by atoms with Gasteiger partial charge in [-0.3, -0.25) is 8.80 Å². The van der Waals surface area contributed by atoms with Gasteiger partial charge in [0, 0.05) is 11.1 Å². The normalized spacial score (nSPS) is 12.5. The first-order valence-corrected chi connectivity index (χ1v) is 21.2. The molecule has 0 aliphatic carbocycles. The van der Waals surface area contributed by atoms with Crippen LogP contribution in [0.25, 0.3) is 88.9 Å². The van der Waals surface area contributed by atoms with Crippen LogP contribution in [0.15, 0.2) is 133 Å². The Balaban J connectivity index is 0.00000490. The number of aromatic hydroxyl groups is 1. The molecule has 10 aromatic rings. The zero-order valence-electron chi connectivity index (χ0n) is 36.8. The molecule has 0 saturated heterocycles. The summed E-state index contributed by atoms with van der Waals surface area (Å²) in [4.78, 5) is 11.2. The predicted molar refractivity (Wildman–Crippen MR) is 254 cm³/mol. The van der Waals surface area contributed by atoms with Crippen molar-refractivity contribution in [3.8, 4) is 50.5 Å². The van der Waals surface area contributed by atoms with Crippen molar-refractivity contribution in [2.24, 2.45) is 0 Å². The van der Waals surface area contributed by atoms with Gasteiger partial charge in [0.15, 0.2) is 5.65 Å². The van der Waals surface area contributed by atoms with Gasteiger partial charge in [0.1, 0.15) is 11.6 Å². The van der Waals surface area contributed by atoms with Crippen molar-refractivity contribution in [1.29, 1.82) is 0 Å². The third-order valence-corrected chi connectivity index (χ3v) is 12.2. The number of rotatable bonds is 4. The van der Waals surface area contributed by atoms with Crippen LogP contribution in [0, 0.1) is 12.1 Å². The van der Waals surface area contributed by atoms with Crippen LogP contribution in [0.3, 0.4) is 0 Å². The van der Waals surface area contributed by atoms with Gasteiger partial charge in [0.05, 0.1) is 38.5 Å². The Morgan fingerprint density at radius 1 is 0.500 bits per heavy atom. The topological polar surface area (TPSA) is 54.8 Å². The molecule has 62 heavy (non-hydrogen) atoms. The minimum Gasteiger partial charge on any atom is -0.507 e. The van der Waals surface area contributed by atoms with Gasteiger partial charge < -0.3 is 5.11 Å². The van der Waals surface area contributed by atoms with E-state index in [1.165, 1.54) is 16.7 Å². The van der Waals surface area contributed by atoms with Gasteiger partial charge >= 0.3 is 21.1 Å². The van der Waals surface area contributed by atoms with E-state index in [1.807, 2.05) is 18.2 Å². The number of phenolic OH excluding ortho intramolecular Hbond substituents is 1.